The number of fused-ring (bicyclic) bond motifs is 1. The number of rotatable bonds is 4. The van der Waals surface area contributed by atoms with Crippen molar-refractivity contribution in [3.05, 3.63) is 89.7 Å². The molecule has 0 radical (unpaired) electrons. The van der Waals surface area contributed by atoms with Crippen molar-refractivity contribution < 1.29 is 9.18 Å². The van der Waals surface area contributed by atoms with Crippen LogP contribution in [-0.2, 0) is 4.79 Å². The molecule has 0 saturated heterocycles. The predicted octanol–water partition coefficient (Wildman–Crippen LogP) is 6.06. The summed E-state index contributed by atoms with van der Waals surface area (Å²) in [4.78, 5) is 22.0. The van der Waals surface area contributed by atoms with Gasteiger partial charge in [0.2, 0.25) is 5.91 Å². The fraction of sp³-hybridized carbons (Fsp3) is 0.125. The van der Waals surface area contributed by atoms with Crippen LogP contribution in [0.25, 0.3) is 0 Å². The van der Waals surface area contributed by atoms with Crippen molar-refractivity contribution in [2.45, 2.75) is 13.3 Å². The van der Waals surface area contributed by atoms with Crippen LogP contribution in [0.5, 0.6) is 0 Å². The molecule has 0 unspecified atom stereocenters. The number of nitrogens with one attached hydrogen (secondary N) is 1. The average Bonchev–Trinajstić information content (AvgIpc) is 2.95. The number of benzene rings is 3. The Hall–Kier alpha value is -3.25. The zero-order chi connectivity index (χ0) is 20.9. The van der Waals surface area contributed by atoms with Crippen molar-refractivity contribution in [1.29, 1.82) is 0 Å². The number of carbonyl (C=O) groups is 1. The normalized spacial score (nSPS) is 13.0. The van der Waals surface area contributed by atoms with Gasteiger partial charge in [-0.25, -0.2) is 9.38 Å². The first-order valence-electron chi connectivity index (χ1n) is 9.57. The van der Waals surface area contributed by atoms with E-state index in [0.717, 1.165) is 27.7 Å². The molecule has 3 aromatic carbocycles. The molecule has 6 heteroatoms. The van der Waals surface area contributed by atoms with Crippen LogP contribution < -0.4 is 5.32 Å². The molecule has 4 nitrogen and oxygen atoms in total. The monoisotopic (exact) mass is 417 g/mol. The SMILES string of the molecule is Cc1cc(NC(=O)CSC2=Nc3ccccc3N=C(c3ccccc3)C2)ccc1F. The quantitative estimate of drug-likeness (QED) is 0.561. The Morgan fingerprint density at radius 1 is 1.00 bits per heavy atom. The average molecular weight is 418 g/mol. The zero-order valence-corrected chi connectivity index (χ0v) is 17.2. The Labute approximate surface area is 179 Å². The van der Waals surface area contributed by atoms with Crippen LogP contribution in [0.1, 0.15) is 17.5 Å². The highest BCUT2D eigenvalue weighted by Crippen LogP contribution is 2.33. The summed E-state index contributed by atoms with van der Waals surface area (Å²) < 4.78 is 13.4. The summed E-state index contributed by atoms with van der Waals surface area (Å²) >= 11 is 1.39. The van der Waals surface area contributed by atoms with Crippen LogP contribution in [0.4, 0.5) is 21.5 Å². The lowest BCUT2D eigenvalue weighted by molar-refractivity contribution is -0.113. The van der Waals surface area contributed by atoms with Crippen LogP contribution in [0, 0.1) is 12.7 Å². The third-order valence-corrected chi connectivity index (χ3v) is 5.59. The van der Waals surface area contributed by atoms with E-state index in [1.807, 2.05) is 54.6 Å². The zero-order valence-electron chi connectivity index (χ0n) is 16.4. The van der Waals surface area contributed by atoms with Crippen molar-refractivity contribution >= 4 is 45.5 Å². The minimum atomic E-state index is -0.290. The van der Waals surface area contributed by atoms with Crippen LogP contribution >= 0.6 is 11.8 Å². The van der Waals surface area contributed by atoms with Gasteiger partial charge in [0.05, 0.1) is 27.9 Å². The third kappa shape index (κ3) is 4.83. The Balaban J connectivity index is 1.50. The summed E-state index contributed by atoms with van der Waals surface area (Å²) in [6, 6.07) is 22.3. The number of hydrogen-bond acceptors (Lipinski definition) is 4. The number of aliphatic imine (C=N–C) groups is 2. The van der Waals surface area contributed by atoms with E-state index >= 15 is 0 Å². The van der Waals surface area contributed by atoms with Gasteiger partial charge in [-0.2, -0.15) is 0 Å². The number of para-hydroxylation sites is 2. The molecule has 0 aromatic heterocycles. The first-order chi connectivity index (χ1) is 14.6. The fourth-order valence-electron chi connectivity index (χ4n) is 3.10. The highest BCUT2D eigenvalue weighted by atomic mass is 32.2. The summed E-state index contributed by atoms with van der Waals surface area (Å²) in [5.74, 6) is -0.245. The standard InChI is InChI=1S/C24H20FN3OS/c1-16-13-18(11-12-19(16)25)26-23(29)15-30-24-14-22(17-7-3-2-4-8-17)27-20-9-5-6-10-21(20)28-24/h2-13H,14-15H2,1H3,(H,26,29). The minimum Gasteiger partial charge on any atom is -0.325 e. The van der Waals surface area contributed by atoms with E-state index in [1.165, 1.54) is 17.8 Å². The van der Waals surface area contributed by atoms with Gasteiger partial charge in [0.25, 0.3) is 0 Å². The van der Waals surface area contributed by atoms with Gasteiger partial charge >= 0.3 is 0 Å². The number of amides is 1. The highest BCUT2D eigenvalue weighted by molar-refractivity contribution is 8.14. The number of halogens is 1. The molecule has 1 amide bonds. The van der Waals surface area contributed by atoms with E-state index in [1.54, 1.807) is 19.1 Å². The smallest absolute Gasteiger partial charge is 0.234 e. The molecule has 1 aliphatic rings. The maximum Gasteiger partial charge on any atom is 0.234 e. The fourth-order valence-corrected chi connectivity index (χ4v) is 3.88. The van der Waals surface area contributed by atoms with Crippen molar-refractivity contribution in [1.82, 2.24) is 0 Å². The Kier molecular flexibility index (Phi) is 6.05. The number of anilines is 1. The summed E-state index contributed by atoms with van der Waals surface area (Å²) in [6.07, 6.45) is 0.548. The van der Waals surface area contributed by atoms with Gasteiger partial charge in [-0.1, -0.05) is 42.5 Å². The van der Waals surface area contributed by atoms with Crippen molar-refractivity contribution in [3.8, 4) is 0 Å². The molecule has 1 heterocycles. The Bertz CT molecular complexity index is 1140. The molecule has 4 rings (SSSR count). The number of thioether (sulfide) groups is 1. The third-order valence-electron chi connectivity index (χ3n) is 4.62. The molecule has 0 bridgehead atoms. The first kappa shape index (κ1) is 20.0. The van der Waals surface area contributed by atoms with Gasteiger partial charge in [-0.3, -0.25) is 9.79 Å². The van der Waals surface area contributed by atoms with Gasteiger partial charge < -0.3 is 5.32 Å². The number of hydrogen-bond donors (Lipinski definition) is 1. The van der Waals surface area contributed by atoms with E-state index in [-0.39, 0.29) is 17.5 Å². The second-order valence-corrected chi connectivity index (χ2v) is 7.94. The number of nitrogens with zero attached hydrogens (tertiary/aromatic N) is 2. The van der Waals surface area contributed by atoms with Gasteiger partial charge in [0.1, 0.15) is 5.82 Å². The topological polar surface area (TPSA) is 53.8 Å². The van der Waals surface area contributed by atoms with Crippen molar-refractivity contribution in [2.75, 3.05) is 11.1 Å². The molecule has 0 spiro atoms. The summed E-state index contributed by atoms with van der Waals surface area (Å²) in [7, 11) is 0. The Morgan fingerprint density at radius 3 is 2.43 bits per heavy atom. The highest BCUT2D eigenvalue weighted by Gasteiger charge is 2.16. The predicted molar refractivity (Wildman–Crippen MR) is 123 cm³/mol. The molecule has 30 heavy (non-hydrogen) atoms. The van der Waals surface area contributed by atoms with Crippen molar-refractivity contribution in [3.63, 3.8) is 0 Å². The second kappa shape index (κ2) is 9.05. The second-order valence-electron chi connectivity index (χ2n) is 6.90. The van der Waals surface area contributed by atoms with E-state index in [2.05, 4.69) is 5.32 Å². The van der Waals surface area contributed by atoms with Crippen molar-refractivity contribution in [2.24, 2.45) is 9.98 Å². The Morgan fingerprint density at radius 2 is 1.70 bits per heavy atom. The molecule has 3 aromatic rings. The van der Waals surface area contributed by atoms with Crippen LogP contribution in [0.15, 0.2) is 82.8 Å². The number of aryl methyl sites for hydroxylation is 1. The van der Waals surface area contributed by atoms with Gasteiger partial charge in [-0.15, -0.1) is 11.8 Å². The molecular formula is C24H20FN3OS. The molecule has 0 atom stereocenters. The lowest BCUT2D eigenvalue weighted by atomic mass is 10.1. The van der Waals surface area contributed by atoms with Gasteiger partial charge in [-0.05, 0) is 48.4 Å². The molecule has 0 fully saturated rings. The summed E-state index contributed by atoms with van der Waals surface area (Å²) in [5.41, 5.74) is 4.64. The molecule has 1 aliphatic heterocycles. The lowest BCUT2D eigenvalue weighted by Gasteiger charge is -2.09. The van der Waals surface area contributed by atoms with Gasteiger partial charge in [0.15, 0.2) is 0 Å². The summed E-state index contributed by atoms with van der Waals surface area (Å²) in [6.45, 7) is 1.67. The molecule has 0 saturated carbocycles. The number of carbonyl (C=O) groups excluding carboxylic acids is 1. The molecule has 1 N–H and O–H groups in total. The summed E-state index contributed by atoms with van der Waals surface area (Å²) in [5, 5.41) is 3.64. The van der Waals surface area contributed by atoms with Crippen LogP contribution in [0.3, 0.4) is 0 Å². The van der Waals surface area contributed by atoms with Gasteiger partial charge in [0, 0.05) is 12.1 Å². The van der Waals surface area contributed by atoms with Crippen LogP contribution in [0.2, 0.25) is 0 Å². The molecular weight excluding hydrogens is 397 g/mol. The van der Waals surface area contributed by atoms with E-state index in [9.17, 15) is 9.18 Å². The van der Waals surface area contributed by atoms with E-state index in [4.69, 9.17) is 9.98 Å². The van der Waals surface area contributed by atoms with Crippen LogP contribution in [-0.4, -0.2) is 22.4 Å². The maximum atomic E-state index is 13.4. The van der Waals surface area contributed by atoms with E-state index < -0.39 is 0 Å². The van der Waals surface area contributed by atoms with E-state index in [0.29, 0.717) is 17.7 Å². The first-order valence-corrected chi connectivity index (χ1v) is 10.6. The maximum absolute atomic E-state index is 13.4. The largest absolute Gasteiger partial charge is 0.325 e. The molecule has 150 valence electrons. The lowest BCUT2D eigenvalue weighted by Crippen LogP contribution is -2.16. The molecule has 0 aliphatic carbocycles. The minimum absolute atomic E-state index is 0.163.